The molecule has 144 valence electrons. The van der Waals surface area contributed by atoms with Crippen LogP contribution in [0.2, 0.25) is 10.0 Å². The molecule has 5 nitrogen and oxygen atoms in total. The van der Waals surface area contributed by atoms with Crippen LogP contribution in [-0.4, -0.2) is 54.3 Å². The third kappa shape index (κ3) is 5.35. The highest BCUT2D eigenvalue weighted by Crippen LogP contribution is 2.29. The minimum Gasteiger partial charge on any atom is -0.341 e. The molecule has 1 saturated carbocycles. The van der Waals surface area contributed by atoms with E-state index in [-0.39, 0.29) is 24.4 Å². The molecule has 1 fully saturated rings. The number of benzene rings is 1. The number of para-hydroxylation sites is 1. The zero-order valence-corrected chi connectivity index (χ0v) is 17.1. The largest absolute Gasteiger partial charge is 0.341 e. The molecule has 1 unspecified atom stereocenters. The van der Waals surface area contributed by atoms with Gasteiger partial charge in [-0.3, -0.25) is 14.5 Å². The van der Waals surface area contributed by atoms with Crippen LogP contribution in [-0.2, 0) is 9.59 Å². The highest BCUT2D eigenvalue weighted by atomic mass is 35.5. The average Bonchev–Trinajstić information content (AvgIpc) is 2.63. The van der Waals surface area contributed by atoms with Gasteiger partial charge in [0.25, 0.3) is 0 Å². The van der Waals surface area contributed by atoms with Crippen LogP contribution in [0.25, 0.3) is 0 Å². The maximum atomic E-state index is 12.7. The summed E-state index contributed by atoms with van der Waals surface area (Å²) in [4.78, 5) is 28.7. The van der Waals surface area contributed by atoms with E-state index in [0.29, 0.717) is 21.8 Å². The summed E-state index contributed by atoms with van der Waals surface area (Å²) in [5.41, 5.74) is 0.396. The quantitative estimate of drug-likeness (QED) is 0.784. The molecule has 1 aliphatic carbocycles. The van der Waals surface area contributed by atoms with E-state index in [2.05, 4.69) is 5.32 Å². The molecule has 26 heavy (non-hydrogen) atoms. The fraction of sp³-hybridized carbons (Fsp3) is 0.579. The molecule has 1 atom stereocenters. The molecule has 1 aromatic carbocycles. The van der Waals surface area contributed by atoms with E-state index in [1.807, 2.05) is 18.9 Å². The molecule has 0 aromatic heterocycles. The summed E-state index contributed by atoms with van der Waals surface area (Å²) in [6.45, 7) is 1.91. The first kappa shape index (κ1) is 21.0. The van der Waals surface area contributed by atoms with Gasteiger partial charge in [0, 0.05) is 13.1 Å². The summed E-state index contributed by atoms with van der Waals surface area (Å²) < 4.78 is 0. The smallest absolute Gasteiger partial charge is 0.239 e. The van der Waals surface area contributed by atoms with Crippen molar-refractivity contribution in [3.05, 3.63) is 28.2 Å². The first-order valence-corrected chi connectivity index (χ1v) is 9.77. The monoisotopic (exact) mass is 399 g/mol. The maximum absolute atomic E-state index is 12.7. The number of hydrogen-bond acceptors (Lipinski definition) is 3. The van der Waals surface area contributed by atoms with Crippen molar-refractivity contribution in [2.24, 2.45) is 0 Å². The molecule has 0 radical (unpaired) electrons. The van der Waals surface area contributed by atoms with Crippen molar-refractivity contribution in [3.63, 3.8) is 0 Å². The molecule has 1 aromatic rings. The fourth-order valence-corrected chi connectivity index (χ4v) is 3.78. The molecule has 0 aliphatic heterocycles. The molecule has 0 bridgehead atoms. The number of nitrogens with zero attached hydrogens (tertiary/aromatic N) is 2. The minimum absolute atomic E-state index is 0.0444. The molecule has 0 heterocycles. The number of carbonyl (C=O) groups excluding carboxylic acids is 2. The Morgan fingerprint density at radius 1 is 1.15 bits per heavy atom. The Balaban J connectivity index is 1.92. The predicted molar refractivity (Wildman–Crippen MR) is 107 cm³/mol. The number of nitrogens with one attached hydrogen (secondary N) is 1. The Morgan fingerprint density at radius 3 is 2.31 bits per heavy atom. The third-order valence-electron chi connectivity index (χ3n) is 5.11. The third-order valence-corrected chi connectivity index (χ3v) is 5.74. The topological polar surface area (TPSA) is 52.7 Å². The van der Waals surface area contributed by atoms with Gasteiger partial charge in [-0.05, 0) is 38.9 Å². The first-order chi connectivity index (χ1) is 12.3. The lowest BCUT2D eigenvalue weighted by atomic mass is 9.94. The molecule has 0 saturated heterocycles. The van der Waals surface area contributed by atoms with Gasteiger partial charge in [-0.1, -0.05) is 48.5 Å². The van der Waals surface area contributed by atoms with Gasteiger partial charge >= 0.3 is 0 Å². The van der Waals surface area contributed by atoms with Crippen molar-refractivity contribution in [1.29, 1.82) is 0 Å². The normalized spacial score (nSPS) is 16.4. The Kier molecular flexibility index (Phi) is 7.74. The molecule has 2 amide bonds. The number of halogens is 2. The number of hydrogen-bond donors (Lipinski definition) is 1. The van der Waals surface area contributed by atoms with E-state index in [4.69, 9.17) is 23.2 Å². The molecule has 2 rings (SSSR count). The molecule has 0 spiro atoms. The Morgan fingerprint density at radius 2 is 1.73 bits per heavy atom. The van der Waals surface area contributed by atoms with Crippen LogP contribution in [0.1, 0.15) is 39.0 Å². The van der Waals surface area contributed by atoms with E-state index in [1.165, 1.54) is 19.3 Å². The van der Waals surface area contributed by atoms with Crippen LogP contribution in [0.3, 0.4) is 0 Å². The zero-order chi connectivity index (χ0) is 19.3. The minimum atomic E-state index is -0.380. The second-order valence-electron chi connectivity index (χ2n) is 6.98. The standard InChI is InChI=1S/C19H27Cl2N3O2/c1-13(19(26)24(3)14-8-5-4-6-9-14)23(2)12-17(25)22-18-15(20)10-7-11-16(18)21/h7,10-11,13-14H,4-6,8-9,12H2,1-3H3,(H,22,25). The zero-order valence-electron chi connectivity index (χ0n) is 15.6. The number of rotatable bonds is 6. The second-order valence-corrected chi connectivity index (χ2v) is 7.79. The predicted octanol–water partition coefficient (Wildman–Crippen LogP) is 4.04. The van der Waals surface area contributed by atoms with Gasteiger partial charge in [-0.25, -0.2) is 0 Å². The van der Waals surface area contributed by atoms with Gasteiger partial charge < -0.3 is 10.2 Å². The van der Waals surface area contributed by atoms with E-state index in [9.17, 15) is 9.59 Å². The van der Waals surface area contributed by atoms with Crippen molar-refractivity contribution in [2.45, 2.75) is 51.1 Å². The van der Waals surface area contributed by atoms with Crippen LogP contribution in [0.5, 0.6) is 0 Å². The van der Waals surface area contributed by atoms with Crippen LogP contribution in [0, 0.1) is 0 Å². The van der Waals surface area contributed by atoms with E-state index >= 15 is 0 Å². The van der Waals surface area contributed by atoms with Crippen LogP contribution < -0.4 is 5.32 Å². The molecule has 1 N–H and O–H groups in total. The first-order valence-electron chi connectivity index (χ1n) is 9.02. The number of anilines is 1. The highest BCUT2D eigenvalue weighted by Gasteiger charge is 2.28. The Hall–Kier alpha value is -1.30. The highest BCUT2D eigenvalue weighted by molar-refractivity contribution is 6.39. The van der Waals surface area contributed by atoms with E-state index in [1.54, 1.807) is 30.1 Å². The van der Waals surface area contributed by atoms with Gasteiger partial charge in [-0.2, -0.15) is 0 Å². The van der Waals surface area contributed by atoms with Gasteiger partial charge in [0.1, 0.15) is 0 Å². The van der Waals surface area contributed by atoms with Gasteiger partial charge in [0.15, 0.2) is 0 Å². The molecular formula is C19H27Cl2N3O2. The Labute approximate surface area is 165 Å². The average molecular weight is 400 g/mol. The van der Waals surface area contributed by atoms with Crippen LogP contribution >= 0.6 is 23.2 Å². The van der Waals surface area contributed by atoms with Gasteiger partial charge in [0.05, 0.1) is 28.3 Å². The molecule has 1 aliphatic rings. The van der Waals surface area contributed by atoms with E-state index < -0.39 is 0 Å². The summed E-state index contributed by atoms with van der Waals surface area (Å²) in [5.74, 6) is -0.217. The van der Waals surface area contributed by atoms with Gasteiger partial charge in [-0.15, -0.1) is 0 Å². The van der Waals surface area contributed by atoms with E-state index in [0.717, 1.165) is 12.8 Å². The molecular weight excluding hydrogens is 373 g/mol. The van der Waals surface area contributed by atoms with Crippen molar-refractivity contribution in [1.82, 2.24) is 9.80 Å². The lowest BCUT2D eigenvalue weighted by molar-refractivity contribution is -0.137. The van der Waals surface area contributed by atoms with Crippen molar-refractivity contribution < 1.29 is 9.59 Å². The van der Waals surface area contributed by atoms with Crippen LogP contribution in [0.4, 0.5) is 5.69 Å². The van der Waals surface area contributed by atoms with Crippen molar-refractivity contribution >= 4 is 40.7 Å². The summed E-state index contributed by atoms with van der Waals surface area (Å²) in [6, 6.07) is 4.97. The molecule has 7 heteroatoms. The maximum Gasteiger partial charge on any atom is 0.239 e. The van der Waals surface area contributed by atoms with Crippen molar-refractivity contribution in [2.75, 3.05) is 26.0 Å². The summed E-state index contributed by atoms with van der Waals surface area (Å²) in [7, 11) is 3.64. The van der Waals surface area contributed by atoms with Gasteiger partial charge in [0.2, 0.25) is 11.8 Å². The second kappa shape index (κ2) is 9.58. The fourth-order valence-electron chi connectivity index (χ4n) is 3.29. The summed E-state index contributed by atoms with van der Waals surface area (Å²) >= 11 is 12.2. The SMILES string of the molecule is CC(C(=O)N(C)C1CCCCC1)N(C)CC(=O)Nc1c(Cl)cccc1Cl. The summed E-state index contributed by atoms with van der Waals surface area (Å²) in [6.07, 6.45) is 5.72. The van der Waals surface area contributed by atoms with Crippen molar-refractivity contribution in [3.8, 4) is 0 Å². The summed E-state index contributed by atoms with van der Waals surface area (Å²) in [5, 5.41) is 3.49. The Bertz CT molecular complexity index is 627. The lowest BCUT2D eigenvalue weighted by Crippen LogP contribution is -2.49. The number of carbonyl (C=O) groups is 2. The number of likely N-dealkylation sites (N-methyl/N-ethyl adjacent to an activating group) is 2. The van der Waals surface area contributed by atoms with Crippen LogP contribution in [0.15, 0.2) is 18.2 Å². The number of amides is 2. The lowest BCUT2D eigenvalue weighted by Gasteiger charge is -2.35.